The summed E-state index contributed by atoms with van der Waals surface area (Å²) in [4.78, 5) is 34.1. The minimum absolute atomic E-state index is 0.00443. The van der Waals surface area contributed by atoms with Crippen molar-refractivity contribution in [1.82, 2.24) is 9.97 Å². The number of nitrogens with zero attached hydrogens (tertiary/aromatic N) is 3. The molecule has 140 valence electrons. The Morgan fingerprint density at radius 2 is 1.48 bits per heavy atom. The molecule has 2 heterocycles. The van der Waals surface area contributed by atoms with Gasteiger partial charge in [0.05, 0.1) is 22.4 Å². The molecule has 27 heavy (non-hydrogen) atoms. The fourth-order valence-corrected chi connectivity index (χ4v) is 4.68. The lowest BCUT2D eigenvalue weighted by Gasteiger charge is -2.19. The van der Waals surface area contributed by atoms with Crippen molar-refractivity contribution in [2.75, 3.05) is 9.62 Å². The number of anilines is 2. The molecule has 2 aromatic rings. The van der Waals surface area contributed by atoms with Gasteiger partial charge in [-0.25, -0.2) is 23.1 Å². The monoisotopic (exact) mass is 386 g/mol. The molecule has 1 aliphatic heterocycles. The number of aromatic nitrogens is 2. The van der Waals surface area contributed by atoms with Gasteiger partial charge < -0.3 is 0 Å². The molecule has 1 saturated carbocycles. The number of fused-ring (bicyclic) bond motifs is 1. The van der Waals surface area contributed by atoms with E-state index < -0.39 is 10.0 Å². The van der Waals surface area contributed by atoms with Gasteiger partial charge in [0.2, 0.25) is 17.8 Å². The van der Waals surface area contributed by atoms with E-state index >= 15 is 0 Å². The smallest absolute Gasteiger partial charge is 0.264 e. The molecule has 4 rings (SSSR count). The van der Waals surface area contributed by atoms with Gasteiger partial charge in [0.1, 0.15) is 0 Å². The summed E-state index contributed by atoms with van der Waals surface area (Å²) in [5.74, 6) is -0.888. The van der Waals surface area contributed by atoms with Crippen molar-refractivity contribution in [3.63, 3.8) is 0 Å². The van der Waals surface area contributed by atoms with Crippen molar-refractivity contribution < 1.29 is 18.0 Å². The van der Waals surface area contributed by atoms with Gasteiger partial charge in [-0.2, -0.15) is 0 Å². The number of carbonyl (C=O) groups is 2. The molecule has 2 amide bonds. The molecule has 1 aromatic carbocycles. The van der Waals surface area contributed by atoms with Gasteiger partial charge in [-0.15, -0.1) is 0 Å². The molecule has 0 spiro atoms. The molecular weight excluding hydrogens is 368 g/mol. The first-order valence-electron chi connectivity index (χ1n) is 8.75. The number of sulfonamides is 1. The fourth-order valence-electron chi connectivity index (χ4n) is 3.72. The van der Waals surface area contributed by atoms with E-state index in [0.717, 1.165) is 25.7 Å². The van der Waals surface area contributed by atoms with E-state index in [-0.39, 0.29) is 34.5 Å². The summed E-state index contributed by atoms with van der Waals surface area (Å²) < 4.78 is 27.1. The Labute approximate surface area is 156 Å². The van der Waals surface area contributed by atoms with E-state index in [0.29, 0.717) is 5.69 Å². The SMILES string of the molecule is O=C1[C@H]2CCCC[C@@H]2C(=O)N1c1ccc(S(=O)(=O)Nc2ncccn2)cc1. The predicted octanol–water partition coefficient (Wildman–Crippen LogP) is 1.96. The zero-order valence-electron chi connectivity index (χ0n) is 14.4. The standard InChI is InChI=1S/C18H18N4O4S/c23-16-14-4-1-2-5-15(14)17(24)22(16)12-6-8-13(9-7-12)27(25,26)21-18-19-10-3-11-20-18/h3,6-11,14-15H,1-2,4-5H2,(H,19,20,21)/t14-,15-/m0/s1. The average Bonchev–Trinajstić information content (AvgIpc) is 2.93. The van der Waals surface area contributed by atoms with Gasteiger partial charge in [-0.3, -0.25) is 14.5 Å². The van der Waals surface area contributed by atoms with Gasteiger partial charge in [-0.1, -0.05) is 12.8 Å². The average molecular weight is 386 g/mol. The van der Waals surface area contributed by atoms with Crippen LogP contribution >= 0.6 is 0 Å². The number of imide groups is 1. The van der Waals surface area contributed by atoms with Crippen LogP contribution in [-0.4, -0.2) is 30.2 Å². The molecule has 0 unspecified atom stereocenters. The van der Waals surface area contributed by atoms with Crippen molar-refractivity contribution >= 4 is 33.5 Å². The van der Waals surface area contributed by atoms with Crippen molar-refractivity contribution in [2.45, 2.75) is 30.6 Å². The Balaban J connectivity index is 1.57. The van der Waals surface area contributed by atoms with Gasteiger partial charge in [-0.05, 0) is 43.2 Å². The lowest BCUT2D eigenvalue weighted by Crippen LogP contribution is -2.30. The lowest BCUT2D eigenvalue weighted by atomic mass is 9.81. The maximum Gasteiger partial charge on any atom is 0.264 e. The predicted molar refractivity (Wildman–Crippen MR) is 97.2 cm³/mol. The molecular formula is C18H18N4O4S. The van der Waals surface area contributed by atoms with Gasteiger partial charge in [0, 0.05) is 12.4 Å². The van der Waals surface area contributed by atoms with Crippen LogP contribution in [0.2, 0.25) is 0 Å². The van der Waals surface area contributed by atoms with Gasteiger partial charge >= 0.3 is 0 Å². The normalized spacial score (nSPS) is 22.6. The Morgan fingerprint density at radius 1 is 0.926 bits per heavy atom. The molecule has 1 N–H and O–H groups in total. The van der Waals surface area contributed by atoms with Crippen LogP contribution in [0.5, 0.6) is 0 Å². The van der Waals surface area contributed by atoms with E-state index in [4.69, 9.17) is 0 Å². The fraction of sp³-hybridized carbons (Fsp3) is 0.333. The molecule has 1 aromatic heterocycles. The summed E-state index contributed by atoms with van der Waals surface area (Å²) in [6, 6.07) is 7.27. The Hall–Kier alpha value is -2.81. The second-order valence-electron chi connectivity index (χ2n) is 6.68. The summed E-state index contributed by atoms with van der Waals surface area (Å²) in [7, 11) is -3.86. The first-order chi connectivity index (χ1) is 13.0. The molecule has 1 aliphatic carbocycles. The third-order valence-corrected chi connectivity index (χ3v) is 6.38. The number of benzene rings is 1. The van der Waals surface area contributed by atoms with Crippen molar-refractivity contribution in [3.8, 4) is 0 Å². The van der Waals surface area contributed by atoms with Crippen LogP contribution < -0.4 is 9.62 Å². The third-order valence-electron chi connectivity index (χ3n) is 5.04. The van der Waals surface area contributed by atoms with Crippen LogP contribution in [0.1, 0.15) is 25.7 Å². The highest BCUT2D eigenvalue weighted by molar-refractivity contribution is 7.92. The second kappa shape index (κ2) is 6.73. The summed E-state index contributed by atoms with van der Waals surface area (Å²) >= 11 is 0. The van der Waals surface area contributed by atoms with Crippen LogP contribution in [0.25, 0.3) is 0 Å². The Morgan fingerprint density at radius 3 is 2.04 bits per heavy atom. The molecule has 2 fully saturated rings. The van der Waals surface area contributed by atoms with Crippen molar-refractivity contribution in [1.29, 1.82) is 0 Å². The van der Waals surface area contributed by atoms with Crippen LogP contribution in [0.15, 0.2) is 47.6 Å². The number of hydrogen-bond acceptors (Lipinski definition) is 6. The minimum Gasteiger partial charge on any atom is -0.274 e. The third kappa shape index (κ3) is 3.18. The largest absolute Gasteiger partial charge is 0.274 e. The zero-order valence-corrected chi connectivity index (χ0v) is 15.2. The number of carbonyl (C=O) groups excluding carboxylic acids is 2. The maximum atomic E-state index is 12.6. The second-order valence-corrected chi connectivity index (χ2v) is 8.36. The van der Waals surface area contributed by atoms with Crippen LogP contribution in [0, 0.1) is 11.8 Å². The highest BCUT2D eigenvalue weighted by Crippen LogP contribution is 2.40. The zero-order chi connectivity index (χ0) is 19.0. The van der Waals surface area contributed by atoms with Crippen molar-refractivity contribution in [2.24, 2.45) is 11.8 Å². The summed E-state index contributed by atoms with van der Waals surface area (Å²) in [6.45, 7) is 0. The first kappa shape index (κ1) is 17.6. The molecule has 8 nitrogen and oxygen atoms in total. The molecule has 9 heteroatoms. The number of amides is 2. The quantitative estimate of drug-likeness (QED) is 0.805. The summed E-state index contributed by atoms with van der Waals surface area (Å²) in [6.07, 6.45) is 6.24. The molecule has 0 radical (unpaired) electrons. The maximum absolute atomic E-state index is 12.6. The van der Waals surface area contributed by atoms with E-state index in [2.05, 4.69) is 14.7 Å². The van der Waals surface area contributed by atoms with E-state index in [1.807, 2.05) is 0 Å². The highest BCUT2D eigenvalue weighted by atomic mass is 32.2. The summed E-state index contributed by atoms with van der Waals surface area (Å²) in [5.41, 5.74) is 0.398. The van der Waals surface area contributed by atoms with Crippen LogP contribution in [0.4, 0.5) is 11.6 Å². The molecule has 0 bridgehead atoms. The minimum atomic E-state index is -3.86. The molecule has 1 saturated heterocycles. The Bertz CT molecular complexity index is 952. The van der Waals surface area contributed by atoms with E-state index in [9.17, 15) is 18.0 Å². The number of nitrogens with one attached hydrogen (secondary N) is 1. The topological polar surface area (TPSA) is 109 Å². The van der Waals surface area contributed by atoms with E-state index in [1.165, 1.54) is 41.6 Å². The summed E-state index contributed by atoms with van der Waals surface area (Å²) in [5, 5.41) is 0. The van der Waals surface area contributed by atoms with Crippen LogP contribution in [0.3, 0.4) is 0 Å². The van der Waals surface area contributed by atoms with Gasteiger partial charge in [0.25, 0.3) is 10.0 Å². The lowest BCUT2D eigenvalue weighted by molar-refractivity contribution is -0.122. The van der Waals surface area contributed by atoms with Gasteiger partial charge in [0.15, 0.2) is 0 Å². The highest BCUT2D eigenvalue weighted by Gasteiger charge is 2.48. The Kier molecular flexibility index (Phi) is 4.39. The van der Waals surface area contributed by atoms with E-state index in [1.54, 1.807) is 6.07 Å². The van der Waals surface area contributed by atoms with Crippen LogP contribution in [-0.2, 0) is 19.6 Å². The number of rotatable bonds is 4. The first-order valence-corrected chi connectivity index (χ1v) is 10.2. The number of hydrogen-bond donors (Lipinski definition) is 1. The van der Waals surface area contributed by atoms with Crippen molar-refractivity contribution in [3.05, 3.63) is 42.7 Å². The molecule has 2 aliphatic rings. The molecule has 2 atom stereocenters.